The van der Waals surface area contributed by atoms with Gasteiger partial charge in [-0.2, -0.15) is 23.4 Å². The predicted octanol–water partition coefficient (Wildman–Crippen LogP) is 2.83. The van der Waals surface area contributed by atoms with E-state index in [9.17, 15) is 18.0 Å². The Morgan fingerprint density at radius 1 is 1.18 bits per heavy atom. The van der Waals surface area contributed by atoms with Gasteiger partial charge in [0, 0.05) is 31.7 Å². The van der Waals surface area contributed by atoms with Crippen molar-refractivity contribution in [1.82, 2.24) is 29.8 Å². The number of halogens is 3. The largest absolute Gasteiger partial charge is 0.496 e. The molecule has 0 spiro atoms. The topological polar surface area (TPSA) is 77.2 Å². The van der Waals surface area contributed by atoms with Crippen molar-refractivity contribution in [2.75, 3.05) is 40.3 Å². The highest BCUT2D eigenvalue weighted by Gasteiger charge is 2.40. The van der Waals surface area contributed by atoms with Crippen LogP contribution >= 0.6 is 0 Å². The van der Waals surface area contributed by atoms with Crippen LogP contribution in [0.1, 0.15) is 35.8 Å². The van der Waals surface area contributed by atoms with Gasteiger partial charge in [-0.15, -0.1) is 0 Å². The zero-order chi connectivity index (χ0) is 24.5. The van der Waals surface area contributed by atoms with Gasteiger partial charge >= 0.3 is 6.18 Å². The number of likely N-dealkylation sites (tertiary alicyclic amines) is 1. The Morgan fingerprint density at radius 2 is 1.88 bits per heavy atom. The van der Waals surface area contributed by atoms with E-state index in [1.165, 1.54) is 23.4 Å². The van der Waals surface area contributed by atoms with Crippen LogP contribution < -0.4 is 15.6 Å². The van der Waals surface area contributed by atoms with Crippen LogP contribution in [0.4, 0.5) is 13.2 Å². The number of likely N-dealkylation sites (N-methyl/N-ethyl adjacent to an activating group) is 1. The van der Waals surface area contributed by atoms with Crippen LogP contribution in [0.25, 0.3) is 10.9 Å². The van der Waals surface area contributed by atoms with Gasteiger partial charge in [0.1, 0.15) is 11.3 Å². The third-order valence-electron chi connectivity index (χ3n) is 6.34. The number of hydrogen-bond acceptors (Lipinski definition) is 6. The maximum Gasteiger partial charge on any atom is 0.435 e. The van der Waals surface area contributed by atoms with Crippen molar-refractivity contribution in [3.8, 4) is 5.75 Å². The van der Waals surface area contributed by atoms with Gasteiger partial charge in [0.2, 0.25) is 0 Å². The molecule has 0 radical (unpaired) electrons. The van der Waals surface area contributed by atoms with Crippen LogP contribution in [-0.4, -0.2) is 64.8 Å². The zero-order valence-electron chi connectivity index (χ0n) is 19.5. The molecular weight excluding hydrogens is 449 g/mol. The molecule has 2 aromatic heterocycles. The molecule has 184 valence electrons. The fourth-order valence-corrected chi connectivity index (χ4v) is 4.60. The Kier molecular flexibility index (Phi) is 6.94. The maximum absolute atomic E-state index is 13.9. The maximum atomic E-state index is 13.9. The van der Waals surface area contributed by atoms with Crippen LogP contribution in [-0.2, 0) is 12.7 Å². The molecule has 3 aromatic rings. The molecule has 34 heavy (non-hydrogen) atoms. The quantitative estimate of drug-likeness (QED) is 0.563. The lowest BCUT2D eigenvalue weighted by Gasteiger charge is -2.32. The van der Waals surface area contributed by atoms with Crippen LogP contribution in [0.5, 0.6) is 5.75 Å². The molecule has 0 aliphatic carbocycles. The number of para-hydroxylation sites is 1. The number of hydrogen-bond donors (Lipinski definition) is 1. The van der Waals surface area contributed by atoms with Crippen molar-refractivity contribution >= 4 is 10.9 Å². The first-order valence-corrected chi connectivity index (χ1v) is 11.3. The van der Waals surface area contributed by atoms with Crippen molar-refractivity contribution in [3.63, 3.8) is 0 Å². The predicted molar refractivity (Wildman–Crippen MR) is 122 cm³/mol. The summed E-state index contributed by atoms with van der Waals surface area (Å²) in [5, 5.41) is 11.1. The van der Waals surface area contributed by atoms with Gasteiger partial charge < -0.3 is 15.0 Å². The Hall–Kier alpha value is -2.92. The fraction of sp³-hybridized carbons (Fsp3) is 0.522. The van der Waals surface area contributed by atoms with E-state index >= 15 is 0 Å². The molecule has 8 nitrogen and oxygen atoms in total. The van der Waals surface area contributed by atoms with Crippen molar-refractivity contribution < 1.29 is 17.9 Å². The first kappa shape index (κ1) is 24.2. The zero-order valence-corrected chi connectivity index (χ0v) is 19.5. The molecule has 1 fully saturated rings. The van der Waals surface area contributed by atoms with Gasteiger partial charge in [0.15, 0.2) is 5.69 Å². The van der Waals surface area contributed by atoms with Gasteiger partial charge in [-0.05, 0) is 32.9 Å². The molecule has 0 unspecified atom stereocenters. The van der Waals surface area contributed by atoms with Crippen LogP contribution in [0, 0.1) is 6.92 Å². The van der Waals surface area contributed by atoms with E-state index in [2.05, 4.69) is 20.4 Å². The standard InChI is InChI=1S/C23H29F3N6O2/c1-15-19-20(22(33)31(28-15)14-16-6-4-5-7-18(16)34-3)32(29-21(19)23(24,25)26)17-8-11-30(12-9-17)13-10-27-2/h4-7,17,27H,8-14H2,1-3H3. The summed E-state index contributed by atoms with van der Waals surface area (Å²) in [5.41, 5.74) is -0.852. The lowest BCUT2D eigenvalue weighted by molar-refractivity contribution is -0.140. The number of nitrogens with one attached hydrogen (secondary N) is 1. The normalized spacial score (nSPS) is 15.8. The van der Waals surface area contributed by atoms with Crippen molar-refractivity contribution in [1.29, 1.82) is 0 Å². The monoisotopic (exact) mass is 478 g/mol. The number of nitrogens with zero attached hydrogens (tertiary/aromatic N) is 5. The van der Waals surface area contributed by atoms with Gasteiger partial charge in [0.25, 0.3) is 5.56 Å². The minimum atomic E-state index is -4.69. The van der Waals surface area contributed by atoms with Crippen LogP contribution in [0.15, 0.2) is 29.1 Å². The summed E-state index contributed by atoms with van der Waals surface area (Å²) in [7, 11) is 3.41. The number of piperidine rings is 1. The van der Waals surface area contributed by atoms with Gasteiger partial charge in [0.05, 0.1) is 30.8 Å². The second-order valence-electron chi connectivity index (χ2n) is 8.55. The van der Waals surface area contributed by atoms with Crippen LogP contribution in [0.2, 0.25) is 0 Å². The molecule has 3 heterocycles. The molecule has 11 heteroatoms. The first-order valence-electron chi connectivity index (χ1n) is 11.3. The smallest absolute Gasteiger partial charge is 0.435 e. The van der Waals surface area contributed by atoms with E-state index in [4.69, 9.17) is 4.74 Å². The van der Waals surface area contributed by atoms with Gasteiger partial charge in [-0.3, -0.25) is 9.48 Å². The number of methoxy groups -OCH3 is 1. The molecule has 0 amide bonds. The van der Waals surface area contributed by atoms with Crippen molar-refractivity contribution in [3.05, 3.63) is 51.6 Å². The summed E-state index contributed by atoms with van der Waals surface area (Å²) in [5.74, 6) is 0.576. The number of aryl methyl sites for hydroxylation is 1. The van der Waals surface area contributed by atoms with E-state index in [-0.39, 0.29) is 29.2 Å². The molecule has 0 saturated carbocycles. The minimum absolute atomic E-state index is 0.0385. The molecule has 0 atom stereocenters. The molecule has 1 aliphatic heterocycles. The average Bonchev–Trinajstić information content (AvgIpc) is 3.24. The lowest BCUT2D eigenvalue weighted by Crippen LogP contribution is -2.39. The third kappa shape index (κ3) is 4.67. The van der Waals surface area contributed by atoms with Gasteiger partial charge in [-0.25, -0.2) is 4.68 Å². The SMILES string of the molecule is CNCCN1CCC(n2nc(C(F)(F)F)c3c(C)nn(Cc4ccccc4OC)c(=O)c32)CC1. The van der Waals surface area contributed by atoms with E-state index in [1.807, 2.05) is 13.1 Å². The number of benzene rings is 1. The number of aromatic nitrogens is 4. The minimum Gasteiger partial charge on any atom is -0.496 e. The number of ether oxygens (including phenoxy) is 1. The summed E-state index contributed by atoms with van der Waals surface area (Å²) in [4.78, 5) is 15.8. The summed E-state index contributed by atoms with van der Waals surface area (Å²) in [6.07, 6.45) is -3.46. The first-order chi connectivity index (χ1) is 16.2. The summed E-state index contributed by atoms with van der Waals surface area (Å²) in [6.45, 7) is 4.73. The second-order valence-corrected chi connectivity index (χ2v) is 8.55. The van der Waals surface area contributed by atoms with Gasteiger partial charge in [-0.1, -0.05) is 18.2 Å². The van der Waals surface area contributed by atoms with E-state index in [0.717, 1.165) is 26.2 Å². The number of fused-ring (bicyclic) bond motifs is 1. The highest BCUT2D eigenvalue weighted by molar-refractivity contribution is 5.84. The molecular formula is C23H29F3N6O2. The Balaban J connectivity index is 1.79. The Bertz CT molecular complexity index is 1210. The number of alkyl halides is 3. The fourth-order valence-electron chi connectivity index (χ4n) is 4.60. The summed E-state index contributed by atoms with van der Waals surface area (Å²) >= 11 is 0. The summed E-state index contributed by atoms with van der Waals surface area (Å²) < 4.78 is 49.6. The molecule has 1 N–H and O–H groups in total. The van der Waals surface area contributed by atoms with E-state index < -0.39 is 17.4 Å². The Labute approximate surface area is 195 Å². The van der Waals surface area contributed by atoms with Crippen LogP contribution in [0.3, 0.4) is 0 Å². The lowest BCUT2D eigenvalue weighted by atomic mass is 10.0. The molecule has 1 saturated heterocycles. The van der Waals surface area contributed by atoms with E-state index in [0.29, 0.717) is 24.2 Å². The molecule has 4 rings (SSSR count). The van der Waals surface area contributed by atoms with Crippen molar-refractivity contribution in [2.24, 2.45) is 0 Å². The molecule has 1 aromatic carbocycles. The highest BCUT2D eigenvalue weighted by Crippen LogP contribution is 2.36. The molecule has 0 bridgehead atoms. The number of rotatable bonds is 7. The van der Waals surface area contributed by atoms with Crippen molar-refractivity contribution in [2.45, 2.75) is 38.5 Å². The average molecular weight is 479 g/mol. The second kappa shape index (κ2) is 9.75. The van der Waals surface area contributed by atoms with E-state index in [1.54, 1.807) is 18.2 Å². The Morgan fingerprint density at radius 3 is 2.53 bits per heavy atom. The molecule has 1 aliphatic rings. The highest BCUT2D eigenvalue weighted by atomic mass is 19.4. The third-order valence-corrected chi connectivity index (χ3v) is 6.34. The summed E-state index contributed by atoms with van der Waals surface area (Å²) in [6, 6.07) is 6.88.